The Labute approximate surface area is 171 Å². The quantitative estimate of drug-likeness (QED) is 0.455. The van der Waals surface area contributed by atoms with Gasteiger partial charge in [-0.3, -0.25) is 4.99 Å². The van der Waals surface area contributed by atoms with Gasteiger partial charge < -0.3 is 15.4 Å². The summed E-state index contributed by atoms with van der Waals surface area (Å²) in [6, 6.07) is 6.29. The zero-order chi connectivity index (χ0) is 20.4. The van der Waals surface area contributed by atoms with Crippen molar-refractivity contribution in [3.05, 3.63) is 30.1 Å². The third-order valence-electron chi connectivity index (χ3n) is 4.32. The Morgan fingerprint density at radius 2 is 2.04 bits per heavy atom. The summed E-state index contributed by atoms with van der Waals surface area (Å²) in [4.78, 5) is 4.10. The van der Waals surface area contributed by atoms with Crippen LogP contribution in [0.1, 0.15) is 13.3 Å². The van der Waals surface area contributed by atoms with Gasteiger partial charge in [0, 0.05) is 38.2 Å². The lowest BCUT2D eigenvalue weighted by Gasteiger charge is -2.25. The normalized spacial score (nSPS) is 17.2. The summed E-state index contributed by atoms with van der Waals surface area (Å²) >= 11 is 1.77. The number of hydrogen-bond donors (Lipinski definition) is 2. The molecule has 1 heterocycles. The Morgan fingerprint density at radius 1 is 1.32 bits per heavy atom. The van der Waals surface area contributed by atoms with Crippen molar-refractivity contribution < 1.29 is 17.5 Å². The Balaban J connectivity index is 1.77. The van der Waals surface area contributed by atoms with Crippen molar-refractivity contribution in [2.24, 2.45) is 4.99 Å². The second-order valence-corrected chi connectivity index (χ2v) is 9.60. The second kappa shape index (κ2) is 11.5. The van der Waals surface area contributed by atoms with Crippen LogP contribution in [0, 0.1) is 5.82 Å². The van der Waals surface area contributed by atoms with Crippen LogP contribution in [0.15, 0.2) is 29.3 Å². The van der Waals surface area contributed by atoms with E-state index in [0.29, 0.717) is 32.0 Å². The fraction of sp³-hybridized carbons (Fsp3) is 0.611. The molecule has 0 radical (unpaired) electrons. The van der Waals surface area contributed by atoms with Gasteiger partial charge in [0.2, 0.25) is 10.0 Å². The minimum Gasteiger partial charge on any atom is -0.486 e. The molecule has 10 heteroatoms. The topological polar surface area (TPSA) is 83.0 Å². The van der Waals surface area contributed by atoms with Crippen molar-refractivity contribution in [2.75, 3.05) is 50.5 Å². The number of benzene rings is 1. The van der Waals surface area contributed by atoms with E-state index < -0.39 is 15.8 Å². The summed E-state index contributed by atoms with van der Waals surface area (Å²) in [5.41, 5.74) is 0. The van der Waals surface area contributed by atoms with E-state index in [2.05, 4.69) is 15.6 Å². The Morgan fingerprint density at radius 3 is 2.68 bits per heavy atom. The summed E-state index contributed by atoms with van der Waals surface area (Å²) in [7, 11) is -1.64. The molecule has 0 aliphatic carbocycles. The average Bonchev–Trinajstić information content (AvgIpc) is 2.71. The van der Waals surface area contributed by atoms with E-state index in [1.54, 1.807) is 41.3 Å². The van der Waals surface area contributed by atoms with Crippen molar-refractivity contribution in [1.29, 1.82) is 0 Å². The summed E-state index contributed by atoms with van der Waals surface area (Å²) in [5, 5.41) is 6.12. The monoisotopic (exact) mass is 432 g/mol. The zero-order valence-corrected chi connectivity index (χ0v) is 18.0. The van der Waals surface area contributed by atoms with Crippen LogP contribution in [0.5, 0.6) is 5.75 Å². The molecule has 1 unspecified atom stereocenters. The van der Waals surface area contributed by atoms with Gasteiger partial charge in [0.05, 0.1) is 12.3 Å². The molecule has 0 bridgehead atoms. The lowest BCUT2D eigenvalue weighted by molar-refractivity contribution is 0.191. The molecule has 1 atom stereocenters. The van der Waals surface area contributed by atoms with E-state index in [4.69, 9.17) is 4.74 Å². The summed E-state index contributed by atoms with van der Waals surface area (Å²) in [6.07, 6.45) is 0.435. The lowest BCUT2D eigenvalue weighted by atomic mass is 10.2. The van der Waals surface area contributed by atoms with Crippen molar-refractivity contribution in [2.45, 2.75) is 19.4 Å². The molecule has 1 aromatic carbocycles. The maximum Gasteiger partial charge on any atom is 0.215 e. The number of nitrogens with zero attached hydrogens (tertiary/aromatic N) is 2. The third-order valence-corrected chi connectivity index (χ3v) is 7.14. The Hall–Kier alpha value is -1.52. The van der Waals surface area contributed by atoms with E-state index in [1.807, 2.05) is 6.92 Å². The highest BCUT2D eigenvalue weighted by molar-refractivity contribution is 7.99. The molecule has 1 aliphatic heterocycles. The summed E-state index contributed by atoms with van der Waals surface area (Å²) in [5.74, 6) is 2.00. The molecule has 158 valence electrons. The first-order valence-corrected chi connectivity index (χ1v) is 12.1. The van der Waals surface area contributed by atoms with Crippen LogP contribution in [0.4, 0.5) is 4.39 Å². The highest BCUT2D eigenvalue weighted by Gasteiger charge is 2.23. The van der Waals surface area contributed by atoms with Crippen LogP contribution in [0.2, 0.25) is 0 Å². The van der Waals surface area contributed by atoms with Crippen molar-refractivity contribution in [3.8, 4) is 5.75 Å². The van der Waals surface area contributed by atoms with Gasteiger partial charge in [0.15, 0.2) is 17.5 Å². The fourth-order valence-electron chi connectivity index (χ4n) is 2.67. The molecule has 7 nitrogen and oxygen atoms in total. The largest absolute Gasteiger partial charge is 0.486 e. The van der Waals surface area contributed by atoms with Crippen LogP contribution in [-0.4, -0.2) is 75.3 Å². The number of rotatable bonds is 9. The van der Waals surface area contributed by atoms with Crippen molar-refractivity contribution in [1.82, 2.24) is 14.9 Å². The molecule has 2 rings (SSSR count). The van der Waals surface area contributed by atoms with Gasteiger partial charge in [0.25, 0.3) is 0 Å². The smallest absolute Gasteiger partial charge is 0.215 e. The first-order chi connectivity index (χ1) is 13.5. The summed E-state index contributed by atoms with van der Waals surface area (Å²) < 4.78 is 45.7. The first-order valence-electron chi connectivity index (χ1n) is 9.37. The molecule has 0 aromatic heterocycles. The molecule has 1 saturated heterocycles. The molecule has 28 heavy (non-hydrogen) atoms. The van der Waals surface area contributed by atoms with Crippen molar-refractivity contribution >= 4 is 27.7 Å². The highest BCUT2D eigenvalue weighted by Crippen LogP contribution is 2.17. The SMILES string of the molecule is CCC(CNC(=NC)NCCS(=O)(=O)N1CCSCC1)Oc1ccccc1F. The molecule has 2 N–H and O–H groups in total. The molecule has 1 fully saturated rings. The van der Waals surface area contributed by atoms with E-state index >= 15 is 0 Å². The minimum atomic E-state index is -3.26. The predicted octanol–water partition coefficient (Wildman–Crippen LogP) is 1.53. The molecule has 0 amide bonds. The van der Waals surface area contributed by atoms with E-state index in [0.717, 1.165) is 11.5 Å². The maximum absolute atomic E-state index is 13.7. The number of guanidine groups is 1. The summed E-state index contributed by atoms with van der Waals surface area (Å²) in [6.45, 7) is 3.78. The molecule has 0 spiro atoms. The van der Waals surface area contributed by atoms with Gasteiger partial charge in [-0.05, 0) is 18.6 Å². The van der Waals surface area contributed by atoms with Crippen LogP contribution >= 0.6 is 11.8 Å². The molecule has 1 aliphatic rings. The molecular formula is C18H29FN4O3S2. The second-order valence-electron chi connectivity index (χ2n) is 6.29. The molecular weight excluding hydrogens is 403 g/mol. The van der Waals surface area contributed by atoms with Crippen LogP contribution in [0.25, 0.3) is 0 Å². The van der Waals surface area contributed by atoms with E-state index in [9.17, 15) is 12.8 Å². The van der Waals surface area contributed by atoms with Gasteiger partial charge >= 0.3 is 0 Å². The molecule has 0 saturated carbocycles. The third kappa shape index (κ3) is 7.14. The zero-order valence-electron chi connectivity index (χ0n) is 16.4. The standard InChI is InChI=1S/C18H29FN4O3S2/c1-3-15(26-17-7-5-4-6-16(17)19)14-22-18(20-2)21-8-13-28(24,25)23-9-11-27-12-10-23/h4-7,15H,3,8-14H2,1-2H3,(H2,20,21,22). The minimum absolute atomic E-state index is 0.0152. The van der Waals surface area contributed by atoms with Gasteiger partial charge in [-0.2, -0.15) is 11.8 Å². The van der Waals surface area contributed by atoms with Gasteiger partial charge in [-0.15, -0.1) is 0 Å². The van der Waals surface area contributed by atoms with E-state index in [-0.39, 0.29) is 24.2 Å². The van der Waals surface area contributed by atoms with Gasteiger partial charge in [-0.25, -0.2) is 17.1 Å². The number of hydrogen-bond acceptors (Lipinski definition) is 5. The number of nitrogens with one attached hydrogen (secondary N) is 2. The number of aliphatic imine (C=N–C) groups is 1. The molecule has 1 aromatic rings. The van der Waals surface area contributed by atoms with Crippen LogP contribution in [0.3, 0.4) is 0 Å². The Kier molecular flexibility index (Phi) is 9.33. The first kappa shape index (κ1) is 22.8. The number of halogens is 1. The lowest BCUT2D eigenvalue weighted by Crippen LogP contribution is -2.46. The van der Waals surface area contributed by atoms with Gasteiger partial charge in [0.1, 0.15) is 6.10 Å². The maximum atomic E-state index is 13.7. The number of ether oxygens (including phenoxy) is 1. The van der Waals surface area contributed by atoms with E-state index in [1.165, 1.54) is 6.07 Å². The number of thioether (sulfide) groups is 1. The van der Waals surface area contributed by atoms with Crippen molar-refractivity contribution in [3.63, 3.8) is 0 Å². The van der Waals surface area contributed by atoms with Gasteiger partial charge in [-0.1, -0.05) is 19.1 Å². The van der Waals surface area contributed by atoms with Crippen LogP contribution in [-0.2, 0) is 10.0 Å². The predicted molar refractivity (Wildman–Crippen MR) is 113 cm³/mol. The average molecular weight is 433 g/mol. The van der Waals surface area contributed by atoms with Crippen LogP contribution < -0.4 is 15.4 Å². The number of sulfonamides is 1. The fourth-order valence-corrected chi connectivity index (χ4v) is 5.16. The highest BCUT2D eigenvalue weighted by atomic mass is 32.2. The Bertz CT molecular complexity index is 740. The number of para-hydroxylation sites is 1.